The number of carbonyl (C=O) groups is 1. The lowest BCUT2D eigenvalue weighted by molar-refractivity contribution is -0.140. The first-order valence-electron chi connectivity index (χ1n) is 5.28. The number of methoxy groups -OCH3 is 1. The third kappa shape index (κ3) is 4.42. The summed E-state index contributed by atoms with van der Waals surface area (Å²) in [4.78, 5) is 10.8. The molecule has 1 aromatic carbocycles. The second kappa shape index (κ2) is 6.46. The first kappa shape index (κ1) is 14.6. The first-order chi connectivity index (χ1) is 8.45. The van der Waals surface area contributed by atoms with E-state index in [9.17, 15) is 17.6 Å². The molecule has 1 rings (SSSR count). The molecule has 1 aromatic rings. The van der Waals surface area contributed by atoms with Gasteiger partial charge in [0.05, 0.1) is 12.0 Å². The minimum Gasteiger partial charge on any atom is -0.469 e. The van der Waals surface area contributed by atoms with Crippen LogP contribution in [-0.2, 0) is 19.6 Å². The van der Waals surface area contributed by atoms with Crippen molar-refractivity contribution >= 4 is 16.0 Å². The summed E-state index contributed by atoms with van der Waals surface area (Å²) in [6, 6.07) is 4.50. The molecule has 0 spiro atoms. The molecule has 0 aliphatic rings. The first-order valence-corrected chi connectivity index (χ1v) is 6.76. The zero-order valence-electron chi connectivity index (χ0n) is 9.85. The van der Waals surface area contributed by atoms with Crippen molar-refractivity contribution in [3.05, 3.63) is 30.1 Å². The van der Waals surface area contributed by atoms with Crippen LogP contribution in [0.1, 0.15) is 12.8 Å². The van der Waals surface area contributed by atoms with E-state index in [0.717, 1.165) is 12.1 Å². The van der Waals surface area contributed by atoms with Gasteiger partial charge in [-0.1, -0.05) is 0 Å². The molecule has 0 aliphatic carbocycles. The SMILES string of the molecule is COC(=O)CCCNS(=O)(=O)c1ccc(F)cc1. The van der Waals surface area contributed by atoms with E-state index in [-0.39, 0.29) is 17.9 Å². The van der Waals surface area contributed by atoms with Gasteiger partial charge in [-0.05, 0) is 30.7 Å². The van der Waals surface area contributed by atoms with Gasteiger partial charge in [0.15, 0.2) is 0 Å². The number of benzene rings is 1. The Bertz CT molecular complexity index is 498. The van der Waals surface area contributed by atoms with Crippen LogP contribution < -0.4 is 4.72 Å². The lowest BCUT2D eigenvalue weighted by atomic mass is 10.3. The van der Waals surface area contributed by atoms with Crippen LogP contribution in [0.25, 0.3) is 0 Å². The Kier molecular flexibility index (Phi) is 5.24. The lowest BCUT2D eigenvalue weighted by Crippen LogP contribution is -2.25. The van der Waals surface area contributed by atoms with Gasteiger partial charge in [-0.2, -0.15) is 0 Å². The molecule has 0 amide bonds. The summed E-state index contributed by atoms with van der Waals surface area (Å²) >= 11 is 0. The molecule has 0 saturated heterocycles. The second-order valence-electron chi connectivity index (χ2n) is 3.53. The van der Waals surface area contributed by atoms with Gasteiger partial charge < -0.3 is 4.74 Å². The molecule has 0 radical (unpaired) electrons. The van der Waals surface area contributed by atoms with Gasteiger partial charge in [0, 0.05) is 13.0 Å². The molecule has 0 atom stereocenters. The van der Waals surface area contributed by atoms with E-state index in [2.05, 4.69) is 9.46 Å². The van der Waals surface area contributed by atoms with Gasteiger partial charge in [-0.3, -0.25) is 4.79 Å². The highest BCUT2D eigenvalue weighted by molar-refractivity contribution is 7.89. The summed E-state index contributed by atoms with van der Waals surface area (Å²) in [5.74, 6) is -0.893. The molecule has 100 valence electrons. The molecule has 18 heavy (non-hydrogen) atoms. The quantitative estimate of drug-likeness (QED) is 0.622. The van der Waals surface area contributed by atoms with Crippen LogP contribution in [0.5, 0.6) is 0 Å². The van der Waals surface area contributed by atoms with E-state index in [4.69, 9.17) is 0 Å². The fourth-order valence-corrected chi connectivity index (χ4v) is 2.31. The number of nitrogens with one attached hydrogen (secondary N) is 1. The Labute approximate surface area is 105 Å². The van der Waals surface area contributed by atoms with Crippen molar-refractivity contribution in [3.63, 3.8) is 0 Å². The highest BCUT2D eigenvalue weighted by atomic mass is 32.2. The third-order valence-corrected chi connectivity index (χ3v) is 3.68. The maximum atomic E-state index is 12.6. The molecule has 0 saturated carbocycles. The van der Waals surface area contributed by atoms with Gasteiger partial charge in [0.1, 0.15) is 5.82 Å². The Hall–Kier alpha value is -1.47. The molecule has 0 unspecified atom stereocenters. The van der Waals surface area contributed by atoms with Crippen molar-refractivity contribution in [3.8, 4) is 0 Å². The number of halogens is 1. The Morgan fingerprint density at radius 2 is 1.94 bits per heavy atom. The number of rotatable bonds is 6. The van der Waals surface area contributed by atoms with E-state index in [1.54, 1.807) is 0 Å². The fraction of sp³-hybridized carbons (Fsp3) is 0.364. The van der Waals surface area contributed by atoms with Crippen LogP contribution in [0.3, 0.4) is 0 Å². The molecule has 5 nitrogen and oxygen atoms in total. The molecular weight excluding hydrogens is 261 g/mol. The number of hydrogen-bond acceptors (Lipinski definition) is 4. The van der Waals surface area contributed by atoms with Crippen LogP contribution in [0.15, 0.2) is 29.2 Å². The molecule has 0 fully saturated rings. The number of esters is 1. The number of ether oxygens (including phenoxy) is 1. The second-order valence-corrected chi connectivity index (χ2v) is 5.30. The van der Waals surface area contributed by atoms with Crippen LogP contribution in [0, 0.1) is 5.82 Å². The minimum absolute atomic E-state index is 0.0121. The molecule has 0 aliphatic heterocycles. The van der Waals surface area contributed by atoms with Gasteiger partial charge in [0.25, 0.3) is 0 Å². The van der Waals surface area contributed by atoms with Crippen molar-refractivity contribution in [2.75, 3.05) is 13.7 Å². The standard InChI is InChI=1S/C11H14FNO4S/c1-17-11(14)3-2-8-13-18(15,16)10-6-4-9(12)5-7-10/h4-7,13H,2-3,8H2,1H3. The van der Waals surface area contributed by atoms with Crippen molar-refractivity contribution in [1.82, 2.24) is 4.72 Å². The predicted molar refractivity (Wildman–Crippen MR) is 62.8 cm³/mol. The molecule has 1 N–H and O–H groups in total. The Balaban J connectivity index is 2.50. The normalized spacial score (nSPS) is 11.2. The van der Waals surface area contributed by atoms with Crippen LogP contribution >= 0.6 is 0 Å². The summed E-state index contributed by atoms with van der Waals surface area (Å²) in [5.41, 5.74) is 0. The number of carbonyl (C=O) groups excluding carboxylic acids is 1. The molecular formula is C11H14FNO4S. The zero-order chi connectivity index (χ0) is 13.6. The highest BCUT2D eigenvalue weighted by Gasteiger charge is 2.13. The summed E-state index contributed by atoms with van der Waals surface area (Å²) in [6.45, 7) is 0.120. The fourth-order valence-electron chi connectivity index (χ4n) is 1.24. The van der Waals surface area contributed by atoms with Gasteiger partial charge in [-0.15, -0.1) is 0 Å². The molecule has 0 heterocycles. The van der Waals surface area contributed by atoms with Crippen LogP contribution in [-0.4, -0.2) is 28.0 Å². The summed E-state index contributed by atoms with van der Waals surface area (Å²) in [7, 11) is -2.38. The highest BCUT2D eigenvalue weighted by Crippen LogP contribution is 2.09. The number of hydrogen-bond donors (Lipinski definition) is 1. The van der Waals surface area contributed by atoms with Crippen LogP contribution in [0.4, 0.5) is 4.39 Å². The molecule has 0 aromatic heterocycles. The average Bonchev–Trinajstić information content (AvgIpc) is 2.35. The van der Waals surface area contributed by atoms with Crippen LogP contribution in [0.2, 0.25) is 0 Å². The zero-order valence-corrected chi connectivity index (χ0v) is 10.7. The Morgan fingerprint density at radius 3 is 2.50 bits per heavy atom. The summed E-state index contributed by atoms with van der Waals surface area (Å²) in [5, 5.41) is 0. The van der Waals surface area contributed by atoms with Crippen molar-refractivity contribution in [1.29, 1.82) is 0 Å². The van der Waals surface area contributed by atoms with Gasteiger partial charge in [0.2, 0.25) is 10.0 Å². The van der Waals surface area contributed by atoms with Crippen molar-refractivity contribution < 1.29 is 22.3 Å². The van der Waals surface area contributed by atoms with Gasteiger partial charge >= 0.3 is 5.97 Å². The van der Waals surface area contributed by atoms with Gasteiger partial charge in [-0.25, -0.2) is 17.5 Å². The Morgan fingerprint density at radius 1 is 1.33 bits per heavy atom. The van der Waals surface area contributed by atoms with E-state index in [1.165, 1.54) is 19.2 Å². The molecule has 0 bridgehead atoms. The summed E-state index contributed by atoms with van der Waals surface area (Å²) in [6.07, 6.45) is 0.482. The van der Waals surface area contributed by atoms with E-state index < -0.39 is 21.8 Å². The predicted octanol–water partition coefficient (Wildman–Crippen LogP) is 1.06. The number of sulfonamides is 1. The monoisotopic (exact) mass is 275 g/mol. The largest absolute Gasteiger partial charge is 0.469 e. The van der Waals surface area contributed by atoms with E-state index in [1.807, 2.05) is 0 Å². The maximum Gasteiger partial charge on any atom is 0.305 e. The topological polar surface area (TPSA) is 72.5 Å². The third-order valence-electron chi connectivity index (χ3n) is 2.20. The average molecular weight is 275 g/mol. The van der Waals surface area contributed by atoms with E-state index >= 15 is 0 Å². The maximum absolute atomic E-state index is 12.6. The molecule has 7 heteroatoms. The van der Waals surface area contributed by atoms with Crippen molar-refractivity contribution in [2.45, 2.75) is 17.7 Å². The summed E-state index contributed by atoms with van der Waals surface area (Å²) < 4.78 is 42.8. The van der Waals surface area contributed by atoms with Crippen molar-refractivity contribution in [2.24, 2.45) is 0 Å². The lowest BCUT2D eigenvalue weighted by Gasteiger charge is -2.06. The smallest absolute Gasteiger partial charge is 0.305 e. The van der Waals surface area contributed by atoms with E-state index in [0.29, 0.717) is 6.42 Å². The minimum atomic E-state index is -3.65.